The van der Waals surface area contributed by atoms with Gasteiger partial charge in [-0.05, 0) is 57.2 Å². The van der Waals surface area contributed by atoms with Crippen LogP contribution in [0.2, 0.25) is 0 Å². The van der Waals surface area contributed by atoms with Crippen LogP contribution in [0.25, 0.3) is 11.3 Å². The number of aryl methyl sites for hydroxylation is 1. The molecule has 0 radical (unpaired) electrons. The number of aromatic nitrogens is 2. The molecule has 8 heteroatoms. The Hall–Kier alpha value is -3.46. The van der Waals surface area contributed by atoms with Crippen LogP contribution in [0.1, 0.15) is 32.1 Å². The lowest BCUT2D eigenvalue weighted by molar-refractivity contribution is -0.0576. The van der Waals surface area contributed by atoms with Crippen LogP contribution in [0, 0.1) is 5.82 Å². The summed E-state index contributed by atoms with van der Waals surface area (Å²) in [4.78, 5) is 2.08. The summed E-state index contributed by atoms with van der Waals surface area (Å²) in [5.41, 5.74) is 2.20. The van der Waals surface area contributed by atoms with Crippen molar-refractivity contribution in [2.75, 3.05) is 13.2 Å². The van der Waals surface area contributed by atoms with Crippen LogP contribution < -0.4 is 4.74 Å². The Morgan fingerprint density at radius 3 is 2.41 bits per heavy atom. The number of halogens is 1. The number of nitrogens with zero attached hydrogens (tertiary/aromatic N) is 3. The molecule has 0 aliphatic heterocycles. The van der Waals surface area contributed by atoms with Crippen molar-refractivity contribution in [2.45, 2.75) is 45.6 Å². The fraction of sp³-hybridized carbons (Fsp3) is 0.345. The third kappa shape index (κ3) is 7.52. The molecule has 0 saturated heterocycles. The molecule has 196 valence electrons. The quantitative estimate of drug-likeness (QED) is 0.277. The van der Waals surface area contributed by atoms with E-state index in [9.17, 15) is 9.50 Å². The van der Waals surface area contributed by atoms with E-state index in [2.05, 4.69) is 4.90 Å². The monoisotopic (exact) mass is 507 g/mol. The highest BCUT2D eigenvalue weighted by molar-refractivity contribution is 5.65. The molecule has 0 amide bonds. The maximum Gasteiger partial charge on any atom is 0.222 e. The molecule has 0 spiro atoms. The van der Waals surface area contributed by atoms with E-state index < -0.39 is 6.10 Å². The molecule has 0 saturated carbocycles. The maximum absolute atomic E-state index is 13.5. The van der Waals surface area contributed by atoms with Crippen LogP contribution in [-0.2, 0) is 24.9 Å². The van der Waals surface area contributed by atoms with Gasteiger partial charge in [0.2, 0.25) is 5.88 Å². The van der Waals surface area contributed by atoms with Gasteiger partial charge in [-0.2, -0.15) is 5.10 Å². The zero-order valence-corrected chi connectivity index (χ0v) is 21.7. The molecule has 4 aromatic rings. The number of benzene rings is 2. The molecule has 0 fully saturated rings. The van der Waals surface area contributed by atoms with Crippen molar-refractivity contribution in [3.8, 4) is 22.9 Å². The highest BCUT2D eigenvalue weighted by atomic mass is 19.1. The van der Waals surface area contributed by atoms with Gasteiger partial charge in [0.1, 0.15) is 23.0 Å². The van der Waals surface area contributed by atoms with Crippen LogP contribution in [-0.4, -0.2) is 44.6 Å². The Kier molecular flexibility index (Phi) is 8.43. The standard InChI is InChI=1S/C29H34FN3O4/c1-29(2,3)36-20-23(34)17-33(18-25-11-8-16-35-25)19-26-27(21-9-6-5-7-10-21)31-32(4)28(26)37-24-14-12-22(30)13-15-24/h5-16,23,34H,17-20H2,1-4H3. The number of aliphatic hydroxyl groups is 1. The van der Waals surface area contributed by atoms with Gasteiger partial charge in [0.25, 0.3) is 0 Å². The van der Waals surface area contributed by atoms with Gasteiger partial charge in [-0.3, -0.25) is 4.90 Å². The molecule has 0 aliphatic rings. The number of aliphatic hydroxyl groups excluding tert-OH is 1. The van der Waals surface area contributed by atoms with Gasteiger partial charge in [0, 0.05) is 25.7 Å². The predicted molar refractivity (Wildman–Crippen MR) is 140 cm³/mol. The Balaban J connectivity index is 1.67. The lowest BCUT2D eigenvalue weighted by Crippen LogP contribution is -2.36. The van der Waals surface area contributed by atoms with Crippen molar-refractivity contribution in [3.05, 3.63) is 90.1 Å². The van der Waals surface area contributed by atoms with E-state index in [0.717, 1.165) is 22.6 Å². The summed E-state index contributed by atoms with van der Waals surface area (Å²) in [7, 11) is 1.82. The van der Waals surface area contributed by atoms with Gasteiger partial charge in [-0.25, -0.2) is 9.07 Å². The van der Waals surface area contributed by atoms with E-state index in [4.69, 9.17) is 19.0 Å². The van der Waals surface area contributed by atoms with E-state index >= 15 is 0 Å². The first-order valence-corrected chi connectivity index (χ1v) is 12.3. The molecular weight excluding hydrogens is 473 g/mol. The number of hydrogen-bond donors (Lipinski definition) is 1. The van der Waals surface area contributed by atoms with E-state index in [1.54, 1.807) is 23.1 Å². The molecule has 2 aromatic carbocycles. The Morgan fingerprint density at radius 1 is 1.03 bits per heavy atom. The van der Waals surface area contributed by atoms with Crippen molar-refractivity contribution >= 4 is 0 Å². The van der Waals surface area contributed by atoms with Crippen molar-refractivity contribution in [1.82, 2.24) is 14.7 Å². The SMILES string of the molecule is Cn1nc(-c2ccccc2)c(CN(Cc2ccco2)CC(O)COC(C)(C)C)c1Oc1ccc(F)cc1. The molecule has 2 heterocycles. The molecule has 0 bridgehead atoms. The van der Waals surface area contributed by atoms with Gasteiger partial charge < -0.3 is 19.0 Å². The van der Waals surface area contributed by atoms with Crippen LogP contribution in [0.5, 0.6) is 11.6 Å². The lowest BCUT2D eigenvalue weighted by atomic mass is 10.1. The minimum absolute atomic E-state index is 0.204. The summed E-state index contributed by atoms with van der Waals surface area (Å²) in [6, 6.07) is 19.5. The smallest absolute Gasteiger partial charge is 0.222 e. The van der Waals surface area contributed by atoms with E-state index in [1.165, 1.54) is 12.1 Å². The average molecular weight is 508 g/mol. The summed E-state index contributed by atoms with van der Waals surface area (Å²) in [6.45, 7) is 7.32. The summed E-state index contributed by atoms with van der Waals surface area (Å²) >= 11 is 0. The summed E-state index contributed by atoms with van der Waals surface area (Å²) in [5.74, 6) is 1.48. The van der Waals surface area contributed by atoms with Gasteiger partial charge in [-0.1, -0.05) is 30.3 Å². The topological polar surface area (TPSA) is 72.9 Å². The molecule has 7 nitrogen and oxygen atoms in total. The van der Waals surface area contributed by atoms with E-state index in [1.807, 2.05) is 70.3 Å². The van der Waals surface area contributed by atoms with Crippen LogP contribution in [0.3, 0.4) is 0 Å². The second-order valence-electron chi connectivity index (χ2n) is 10.0. The van der Waals surface area contributed by atoms with Gasteiger partial charge in [0.15, 0.2) is 0 Å². The molecule has 0 aliphatic carbocycles. The van der Waals surface area contributed by atoms with Crippen molar-refractivity contribution in [2.24, 2.45) is 7.05 Å². The first-order valence-electron chi connectivity index (χ1n) is 12.3. The molecule has 4 rings (SSSR count). The second kappa shape index (κ2) is 11.7. The summed E-state index contributed by atoms with van der Waals surface area (Å²) < 4.78 is 32.8. The van der Waals surface area contributed by atoms with Gasteiger partial charge >= 0.3 is 0 Å². The number of rotatable bonds is 11. The molecule has 1 unspecified atom stereocenters. The lowest BCUT2D eigenvalue weighted by Gasteiger charge is -2.27. The van der Waals surface area contributed by atoms with Gasteiger partial charge in [0.05, 0.1) is 36.7 Å². The first-order chi connectivity index (χ1) is 17.7. The first kappa shape index (κ1) is 26.6. The fourth-order valence-corrected chi connectivity index (χ4v) is 3.99. The maximum atomic E-state index is 13.5. The summed E-state index contributed by atoms with van der Waals surface area (Å²) in [6.07, 6.45) is 0.919. The minimum atomic E-state index is -0.715. The van der Waals surface area contributed by atoms with Crippen LogP contribution >= 0.6 is 0 Å². The Morgan fingerprint density at radius 2 is 1.76 bits per heavy atom. The third-order valence-electron chi connectivity index (χ3n) is 5.68. The number of hydrogen-bond acceptors (Lipinski definition) is 6. The third-order valence-corrected chi connectivity index (χ3v) is 5.68. The average Bonchev–Trinajstić information content (AvgIpc) is 3.48. The minimum Gasteiger partial charge on any atom is -0.468 e. The molecule has 37 heavy (non-hydrogen) atoms. The number of furan rings is 1. The fourth-order valence-electron chi connectivity index (χ4n) is 3.99. The second-order valence-corrected chi connectivity index (χ2v) is 10.0. The zero-order valence-electron chi connectivity index (χ0n) is 21.7. The normalized spacial score (nSPS) is 12.7. The van der Waals surface area contributed by atoms with Gasteiger partial charge in [-0.15, -0.1) is 0 Å². The largest absolute Gasteiger partial charge is 0.468 e. The van der Waals surface area contributed by atoms with Crippen molar-refractivity contribution in [1.29, 1.82) is 0 Å². The summed E-state index contributed by atoms with van der Waals surface area (Å²) in [5, 5.41) is 15.6. The van der Waals surface area contributed by atoms with Crippen LogP contribution in [0.4, 0.5) is 4.39 Å². The van der Waals surface area contributed by atoms with Crippen LogP contribution in [0.15, 0.2) is 77.4 Å². The molecular formula is C29H34FN3O4. The highest BCUT2D eigenvalue weighted by Gasteiger charge is 2.25. The molecule has 2 aromatic heterocycles. The number of ether oxygens (including phenoxy) is 2. The van der Waals surface area contributed by atoms with E-state index in [0.29, 0.717) is 31.3 Å². The Bertz CT molecular complexity index is 1250. The zero-order chi connectivity index (χ0) is 26.4. The highest BCUT2D eigenvalue weighted by Crippen LogP contribution is 2.34. The van der Waals surface area contributed by atoms with Crippen molar-refractivity contribution in [3.63, 3.8) is 0 Å². The predicted octanol–water partition coefficient (Wildman–Crippen LogP) is 5.79. The molecule has 1 N–H and O–H groups in total. The van der Waals surface area contributed by atoms with E-state index in [-0.39, 0.29) is 18.0 Å². The van der Waals surface area contributed by atoms with Crippen molar-refractivity contribution < 1.29 is 23.4 Å². The molecule has 1 atom stereocenters. The Labute approximate surface area is 217 Å².